The Hall–Kier alpha value is -1.36. The highest BCUT2D eigenvalue weighted by atomic mass is 79.9. The summed E-state index contributed by atoms with van der Waals surface area (Å²) in [4.78, 5) is 25.8. The van der Waals surface area contributed by atoms with Gasteiger partial charge in [0.25, 0.3) is 0 Å². The number of nitrogens with zero attached hydrogens (tertiary/aromatic N) is 1. The quantitative estimate of drug-likeness (QED) is 0.783. The monoisotopic (exact) mass is 339 g/mol. The number of ketones is 1. The Bertz CT molecular complexity index is 536. The zero-order valence-electron chi connectivity index (χ0n) is 11.9. The van der Waals surface area contributed by atoms with Crippen LogP contribution in [0.5, 0.6) is 0 Å². The van der Waals surface area contributed by atoms with E-state index in [9.17, 15) is 9.59 Å². The molecule has 4 nitrogen and oxygen atoms in total. The van der Waals surface area contributed by atoms with Crippen LogP contribution in [0.15, 0.2) is 28.7 Å². The summed E-state index contributed by atoms with van der Waals surface area (Å²) in [6.45, 7) is 5.86. The van der Waals surface area contributed by atoms with Crippen molar-refractivity contribution < 1.29 is 14.3 Å². The highest BCUT2D eigenvalue weighted by Gasteiger charge is 2.38. The maximum atomic E-state index is 12.2. The smallest absolute Gasteiger partial charge is 0.411 e. The van der Waals surface area contributed by atoms with Crippen LogP contribution in [0.3, 0.4) is 0 Å². The molecule has 2 rings (SSSR count). The second-order valence-electron chi connectivity index (χ2n) is 5.85. The maximum absolute atomic E-state index is 12.2. The fourth-order valence-corrected chi connectivity index (χ4v) is 2.65. The molecule has 1 aliphatic heterocycles. The first-order chi connectivity index (χ1) is 9.28. The van der Waals surface area contributed by atoms with Crippen molar-refractivity contribution >= 4 is 27.8 Å². The fraction of sp³-hybridized carbons (Fsp3) is 0.467. The normalized spacial score (nSPS) is 19.3. The molecule has 0 radical (unpaired) electrons. The lowest BCUT2D eigenvalue weighted by Crippen LogP contribution is -2.37. The van der Waals surface area contributed by atoms with Gasteiger partial charge in [0.05, 0.1) is 0 Å². The van der Waals surface area contributed by atoms with Crippen molar-refractivity contribution in [3.05, 3.63) is 34.3 Å². The van der Waals surface area contributed by atoms with Crippen LogP contribution in [-0.2, 0) is 9.53 Å². The average molecular weight is 340 g/mol. The number of Topliss-reactive ketones (excluding diaryl/α,β-unsaturated/α-hetero) is 1. The number of amides is 1. The van der Waals surface area contributed by atoms with E-state index in [4.69, 9.17) is 4.74 Å². The van der Waals surface area contributed by atoms with E-state index in [1.54, 1.807) is 0 Å². The van der Waals surface area contributed by atoms with Gasteiger partial charge in [-0.1, -0.05) is 28.1 Å². The van der Waals surface area contributed by atoms with Crippen molar-refractivity contribution in [2.45, 2.75) is 38.8 Å². The number of hydrogen-bond acceptors (Lipinski definition) is 3. The van der Waals surface area contributed by atoms with Gasteiger partial charge in [-0.15, -0.1) is 0 Å². The summed E-state index contributed by atoms with van der Waals surface area (Å²) in [7, 11) is 0. The molecule has 1 fully saturated rings. The Morgan fingerprint density at radius 3 is 2.70 bits per heavy atom. The molecule has 1 aromatic carbocycles. The molecule has 1 saturated heterocycles. The molecule has 0 aliphatic carbocycles. The molecule has 0 bridgehead atoms. The molecular formula is C15H18BrNO3. The third-order valence-electron chi connectivity index (χ3n) is 3.01. The molecule has 20 heavy (non-hydrogen) atoms. The molecule has 1 aliphatic rings. The minimum Gasteiger partial charge on any atom is -0.444 e. The molecule has 1 amide bonds. The molecule has 0 spiro atoms. The minimum absolute atomic E-state index is 0.0500. The van der Waals surface area contributed by atoms with Crippen LogP contribution < -0.4 is 0 Å². The summed E-state index contributed by atoms with van der Waals surface area (Å²) in [6.07, 6.45) is -0.0653. The second-order valence-corrected chi connectivity index (χ2v) is 6.76. The van der Waals surface area contributed by atoms with E-state index < -0.39 is 17.7 Å². The van der Waals surface area contributed by atoms with E-state index in [1.807, 2.05) is 45.0 Å². The molecule has 0 saturated carbocycles. The van der Waals surface area contributed by atoms with Gasteiger partial charge in [0, 0.05) is 17.4 Å². The van der Waals surface area contributed by atoms with E-state index in [0.717, 1.165) is 10.0 Å². The number of ether oxygens (including phenoxy) is 1. The van der Waals surface area contributed by atoms with E-state index in [1.165, 1.54) is 4.90 Å². The van der Waals surface area contributed by atoms with Gasteiger partial charge < -0.3 is 4.74 Å². The highest BCUT2D eigenvalue weighted by molar-refractivity contribution is 9.10. The Labute approximate surface area is 127 Å². The van der Waals surface area contributed by atoms with Gasteiger partial charge in [-0.25, -0.2) is 4.79 Å². The van der Waals surface area contributed by atoms with Crippen molar-refractivity contribution in [2.75, 3.05) is 6.54 Å². The lowest BCUT2D eigenvalue weighted by atomic mass is 10.0. The summed E-state index contributed by atoms with van der Waals surface area (Å²) in [5.41, 5.74) is 0.248. The zero-order chi connectivity index (χ0) is 14.9. The lowest BCUT2D eigenvalue weighted by molar-refractivity contribution is -0.120. The van der Waals surface area contributed by atoms with Crippen LogP contribution in [0.25, 0.3) is 0 Å². The van der Waals surface area contributed by atoms with Crippen LogP contribution >= 0.6 is 15.9 Å². The van der Waals surface area contributed by atoms with Crippen molar-refractivity contribution in [3.63, 3.8) is 0 Å². The molecule has 0 aromatic heterocycles. The number of rotatable bonds is 1. The fourth-order valence-electron chi connectivity index (χ4n) is 2.23. The van der Waals surface area contributed by atoms with E-state index in [0.29, 0.717) is 13.0 Å². The van der Waals surface area contributed by atoms with Crippen LogP contribution in [0.4, 0.5) is 4.79 Å². The Morgan fingerprint density at radius 2 is 2.10 bits per heavy atom. The van der Waals surface area contributed by atoms with Crippen molar-refractivity contribution in [1.29, 1.82) is 0 Å². The highest BCUT2D eigenvalue weighted by Crippen LogP contribution is 2.31. The van der Waals surface area contributed by atoms with Gasteiger partial charge in [0.2, 0.25) is 0 Å². The summed E-state index contributed by atoms with van der Waals surface area (Å²) in [6, 6.07) is 6.93. The molecule has 1 atom stereocenters. The Kier molecular flexibility index (Phi) is 4.18. The van der Waals surface area contributed by atoms with Gasteiger partial charge in [-0.2, -0.15) is 0 Å². The minimum atomic E-state index is -0.565. The number of hydrogen-bond donors (Lipinski definition) is 0. The number of likely N-dealkylation sites (tertiary alicyclic amines) is 1. The first-order valence-corrected chi connectivity index (χ1v) is 7.35. The number of carbonyl (C=O) groups excluding carboxylic acids is 2. The first-order valence-electron chi connectivity index (χ1n) is 6.56. The van der Waals surface area contributed by atoms with Gasteiger partial charge >= 0.3 is 6.09 Å². The molecular weight excluding hydrogens is 322 g/mol. The van der Waals surface area contributed by atoms with Crippen LogP contribution in [-0.4, -0.2) is 28.9 Å². The average Bonchev–Trinajstić information content (AvgIpc) is 2.69. The summed E-state index contributed by atoms with van der Waals surface area (Å²) < 4.78 is 6.26. The maximum Gasteiger partial charge on any atom is 0.411 e. The van der Waals surface area contributed by atoms with Crippen molar-refractivity contribution in [3.8, 4) is 0 Å². The van der Waals surface area contributed by atoms with Crippen LogP contribution in [0.1, 0.15) is 38.8 Å². The predicted molar refractivity (Wildman–Crippen MR) is 79.4 cm³/mol. The number of halogens is 1. The third-order valence-corrected chi connectivity index (χ3v) is 3.50. The van der Waals surface area contributed by atoms with Crippen LogP contribution in [0.2, 0.25) is 0 Å². The molecule has 108 valence electrons. The van der Waals surface area contributed by atoms with Crippen molar-refractivity contribution in [2.24, 2.45) is 0 Å². The number of benzene rings is 1. The summed E-state index contributed by atoms with van der Waals surface area (Å²) in [5.74, 6) is 0.0500. The topological polar surface area (TPSA) is 46.6 Å². The van der Waals surface area contributed by atoms with Crippen molar-refractivity contribution in [1.82, 2.24) is 4.90 Å². The third kappa shape index (κ3) is 3.39. The summed E-state index contributed by atoms with van der Waals surface area (Å²) >= 11 is 3.39. The summed E-state index contributed by atoms with van der Waals surface area (Å²) in [5, 5.41) is 0. The Morgan fingerprint density at radius 1 is 1.40 bits per heavy atom. The lowest BCUT2D eigenvalue weighted by Gasteiger charge is -2.28. The van der Waals surface area contributed by atoms with E-state index in [2.05, 4.69) is 15.9 Å². The molecule has 0 N–H and O–H groups in total. The predicted octanol–water partition coefficient (Wildman–Crippen LogP) is 3.70. The zero-order valence-corrected chi connectivity index (χ0v) is 13.4. The second kappa shape index (κ2) is 5.56. The van der Waals surface area contributed by atoms with Gasteiger partial charge in [0.1, 0.15) is 11.6 Å². The van der Waals surface area contributed by atoms with E-state index >= 15 is 0 Å². The van der Waals surface area contributed by atoms with Gasteiger partial charge in [0.15, 0.2) is 5.78 Å². The first kappa shape index (κ1) is 15.0. The van der Waals surface area contributed by atoms with Crippen LogP contribution in [0, 0.1) is 0 Å². The molecule has 1 unspecified atom stereocenters. The van der Waals surface area contributed by atoms with E-state index in [-0.39, 0.29) is 5.78 Å². The molecule has 1 heterocycles. The largest absolute Gasteiger partial charge is 0.444 e. The SMILES string of the molecule is CC(C)(C)OC(=O)N1CCC(=O)C1c1cccc(Br)c1. The Balaban J connectivity index is 2.25. The van der Waals surface area contributed by atoms with Gasteiger partial charge in [-0.05, 0) is 38.5 Å². The molecule has 5 heteroatoms. The number of carbonyl (C=O) groups is 2. The standard InChI is InChI=1S/C15H18BrNO3/c1-15(2,3)20-14(19)17-8-7-12(18)13(17)10-5-4-6-11(16)9-10/h4-6,9,13H,7-8H2,1-3H3. The van der Waals surface area contributed by atoms with Gasteiger partial charge in [-0.3, -0.25) is 9.69 Å². The molecule has 1 aromatic rings.